The lowest BCUT2D eigenvalue weighted by molar-refractivity contribution is 0.279. The fourth-order valence-electron chi connectivity index (χ4n) is 2.84. The molecule has 126 valence electrons. The number of amidine groups is 1. The minimum Gasteiger partial charge on any atom is -0.390 e. The molecule has 4 nitrogen and oxygen atoms in total. The predicted molar refractivity (Wildman–Crippen MR) is 97.8 cm³/mol. The van der Waals surface area contributed by atoms with Crippen molar-refractivity contribution < 1.29 is 5.11 Å². The second-order valence-corrected chi connectivity index (χ2v) is 7.81. The van der Waals surface area contributed by atoms with Gasteiger partial charge in [-0.3, -0.25) is 9.89 Å². The molecule has 1 aromatic heterocycles. The van der Waals surface area contributed by atoms with E-state index < -0.39 is 0 Å². The Balaban J connectivity index is 1.70. The third-order valence-corrected chi connectivity index (χ3v) is 5.40. The fourth-order valence-corrected chi connectivity index (χ4v) is 3.83. The van der Waals surface area contributed by atoms with E-state index in [1.54, 1.807) is 11.3 Å². The second-order valence-electron chi connectivity index (χ2n) is 6.65. The van der Waals surface area contributed by atoms with Gasteiger partial charge in [-0.2, -0.15) is 0 Å². The number of nitrogens with zero attached hydrogens (tertiary/aromatic N) is 3. The topological polar surface area (TPSA) is 48.2 Å². The number of aliphatic imine (C=N–C) groups is 2. The molecule has 1 saturated heterocycles. The van der Waals surface area contributed by atoms with Crippen LogP contribution in [0.3, 0.4) is 0 Å². The van der Waals surface area contributed by atoms with Crippen molar-refractivity contribution in [1.29, 1.82) is 0 Å². The number of hydrogen-bond donors (Lipinski definition) is 1. The maximum atomic E-state index is 9.24. The highest BCUT2D eigenvalue weighted by Crippen LogP contribution is 2.27. The number of rotatable bonds is 5. The lowest BCUT2D eigenvalue weighted by Gasteiger charge is -2.18. The minimum atomic E-state index is -0.00427. The molecule has 1 saturated carbocycles. The highest BCUT2D eigenvalue weighted by atomic mass is 32.1. The molecule has 5 heteroatoms. The molecule has 0 unspecified atom stereocenters. The minimum absolute atomic E-state index is 0.00427. The zero-order valence-electron chi connectivity index (χ0n) is 14.0. The van der Waals surface area contributed by atoms with Gasteiger partial charge < -0.3 is 5.11 Å². The Morgan fingerprint density at radius 1 is 1.22 bits per heavy atom. The van der Waals surface area contributed by atoms with Crippen LogP contribution in [0, 0.1) is 0 Å². The molecule has 1 aromatic rings. The van der Waals surface area contributed by atoms with Crippen LogP contribution in [0.5, 0.6) is 0 Å². The summed E-state index contributed by atoms with van der Waals surface area (Å²) in [6.07, 6.45) is 7.74. The molecule has 1 aliphatic carbocycles. The Bertz CT molecular complexity index is 567. The molecule has 0 aromatic carbocycles. The van der Waals surface area contributed by atoms with Gasteiger partial charge >= 0.3 is 0 Å². The number of likely N-dealkylation sites (tertiary alicyclic amines) is 1. The van der Waals surface area contributed by atoms with E-state index in [1.807, 2.05) is 6.92 Å². The van der Waals surface area contributed by atoms with Gasteiger partial charge in [0.15, 0.2) is 5.84 Å². The van der Waals surface area contributed by atoms with Crippen molar-refractivity contribution in [3.63, 3.8) is 0 Å². The first-order chi connectivity index (χ1) is 11.2. The van der Waals surface area contributed by atoms with Crippen LogP contribution in [0.1, 0.15) is 55.2 Å². The number of hydrogen-bond acceptors (Lipinski definition) is 4. The normalized spacial score (nSPS) is 21.5. The van der Waals surface area contributed by atoms with E-state index in [1.165, 1.54) is 56.5 Å². The number of aliphatic hydroxyl groups excluding tert-OH is 1. The summed E-state index contributed by atoms with van der Waals surface area (Å²) in [7, 11) is 0. The quantitative estimate of drug-likeness (QED) is 0.662. The predicted octanol–water partition coefficient (Wildman–Crippen LogP) is 3.49. The molecule has 2 aliphatic rings. The standard InChI is InChI=1S/C18H27N3OS/c1-14(13-22)19-18(20-15-6-7-15)17-9-8-16(23-17)12-21-10-4-2-3-5-11-21/h8-9,15,22H,2-7,10-13H2,1H3. The van der Waals surface area contributed by atoms with Crippen LogP contribution in [0.25, 0.3) is 0 Å². The summed E-state index contributed by atoms with van der Waals surface area (Å²) in [6, 6.07) is 4.81. The maximum absolute atomic E-state index is 9.24. The SMILES string of the molecule is CC(CO)=NC(=NC1CC1)c1ccc(CN2CCCCCC2)s1. The van der Waals surface area contributed by atoms with Crippen LogP contribution >= 0.6 is 11.3 Å². The highest BCUT2D eigenvalue weighted by molar-refractivity contribution is 7.14. The molecule has 0 spiro atoms. The van der Waals surface area contributed by atoms with Gasteiger partial charge in [-0.15, -0.1) is 11.3 Å². The van der Waals surface area contributed by atoms with Gasteiger partial charge in [-0.1, -0.05) is 12.8 Å². The van der Waals surface area contributed by atoms with Gasteiger partial charge in [0, 0.05) is 17.1 Å². The average Bonchev–Trinajstić information content (AvgIpc) is 3.30. The third kappa shape index (κ3) is 5.23. The second kappa shape index (κ2) is 8.18. The molecular formula is C18H27N3OS. The van der Waals surface area contributed by atoms with Gasteiger partial charge in [0.1, 0.15) is 0 Å². The number of aliphatic hydroxyl groups is 1. The average molecular weight is 334 g/mol. The largest absolute Gasteiger partial charge is 0.390 e. The van der Waals surface area contributed by atoms with Crippen LogP contribution in [-0.2, 0) is 6.54 Å². The van der Waals surface area contributed by atoms with Crippen LogP contribution in [0.15, 0.2) is 22.1 Å². The summed E-state index contributed by atoms with van der Waals surface area (Å²) in [5.41, 5.74) is 0.729. The van der Waals surface area contributed by atoms with Crippen LogP contribution in [-0.4, -0.2) is 47.3 Å². The molecule has 2 heterocycles. The van der Waals surface area contributed by atoms with Crippen molar-refractivity contribution in [2.24, 2.45) is 9.98 Å². The first-order valence-corrected chi connectivity index (χ1v) is 9.60. The van der Waals surface area contributed by atoms with Crippen LogP contribution in [0.4, 0.5) is 0 Å². The summed E-state index contributed by atoms with van der Waals surface area (Å²) >= 11 is 1.80. The van der Waals surface area contributed by atoms with Crippen molar-refractivity contribution in [3.05, 3.63) is 21.9 Å². The molecule has 1 aliphatic heterocycles. The lowest BCUT2D eigenvalue weighted by atomic mass is 10.2. The summed E-state index contributed by atoms with van der Waals surface area (Å²) in [6.45, 7) is 5.34. The Morgan fingerprint density at radius 3 is 2.61 bits per heavy atom. The summed E-state index contributed by atoms with van der Waals surface area (Å²) in [5, 5.41) is 9.24. The Kier molecular flexibility index (Phi) is 5.97. The summed E-state index contributed by atoms with van der Waals surface area (Å²) in [4.78, 5) is 14.4. The first-order valence-electron chi connectivity index (χ1n) is 8.79. The fraction of sp³-hybridized carbons (Fsp3) is 0.667. The van der Waals surface area contributed by atoms with Crippen molar-refractivity contribution in [1.82, 2.24) is 4.90 Å². The molecule has 0 atom stereocenters. The Labute approximate surface area is 143 Å². The van der Waals surface area contributed by atoms with Crippen molar-refractivity contribution in [2.45, 2.75) is 58.0 Å². The van der Waals surface area contributed by atoms with Crippen molar-refractivity contribution >= 4 is 22.9 Å². The number of thiophene rings is 1. The van der Waals surface area contributed by atoms with Gasteiger partial charge in [0.2, 0.25) is 0 Å². The van der Waals surface area contributed by atoms with Crippen LogP contribution < -0.4 is 0 Å². The van der Waals surface area contributed by atoms with Gasteiger partial charge in [0.25, 0.3) is 0 Å². The molecule has 0 bridgehead atoms. The first kappa shape index (κ1) is 16.8. The summed E-state index contributed by atoms with van der Waals surface area (Å²) in [5.74, 6) is 0.811. The molecule has 23 heavy (non-hydrogen) atoms. The molecule has 1 N–H and O–H groups in total. The zero-order valence-corrected chi connectivity index (χ0v) is 14.8. The van der Waals surface area contributed by atoms with E-state index in [9.17, 15) is 5.11 Å². The molecule has 0 amide bonds. The summed E-state index contributed by atoms with van der Waals surface area (Å²) < 4.78 is 0. The monoisotopic (exact) mass is 333 g/mol. The zero-order chi connectivity index (χ0) is 16.1. The lowest BCUT2D eigenvalue weighted by Crippen LogP contribution is -2.23. The van der Waals surface area contributed by atoms with Gasteiger partial charge in [0.05, 0.1) is 17.5 Å². The van der Waals surface area contributed by atoms with Gasteiger partial charge in [-0.05, 0) is 57.8 Å². The smallest absolute Gasteiger partial charge is 0.165 e. The molecule has 3 rings (SSSR count). The Morgan fingerprint density at radius 2 is 1.96 bits per heavy atom. The molecular weight excluding hydrogens is 306 g/mol. The van der Waals surface area contributed by atoms with E-state index in [4.69, 9.17) is 4.99 Å². The van der Waals surface area contributed by atoms with E-state index in [-0.39, 0.29) is 6.61 Å². The van der Waals surface area contributed by atoms with Crippen molar-refractivity contribution in [3.8, 4) is 0 Å². The highest BCUT2D eigenvalue weighted by Gasteiger charge is 2.22. The van der Waals surface area contributed by atoms with E-state index in [0.29, 0.717) is 6.04 Å². The van der Waals surface area contributed by atoms with Gasteiger partial charge in [-0.25, -0.2) is 4.99 Å². The molecule has 2 fully saturated rings. The molecule has 0 radical (unpaired) electrons. The third-order valence-electron chi connectivity index (χ3n) is 4.34. The Hall–Kier alpha value is -1.04. The maximum Gasteiger partial charge on any atom is 0.165 e. The van der Waals surface area contributed by atoms with E-state index in [2.05, 4.69) is 22.0 Å². The van der Waals surface area contributed by atoms with Crippen molar-refractivity contribution in [2.75, 3.05) is 19.7 Å². The van der Waals surface area contributed by atoms with E-state index in [0.717, 1.165) is 23.0 Å². The van der Waals surface area contributed by atoms with Crippen LogP contribution in [0.2, 0.25) is 0 Å². The van der Waals surface area contributed by atoms with E-state index >= 15 is 0 Å².